The molecule has 6 nitrogen and oxygen atoms in total. The summed E-state index contributed by atoms with van der Waals surface area (Å²) in [4.78, 5) is 24.6. The Morgan fingerprint density at radius 1 is 1.08 bits per heavy atom. The molecule has 1 aromatic rings. The van der Waals surface area contributed by atoms with E-state index in [1.165, 1.54) is 14.2 Å². The summed E-state index contributed by atoms with van der Waals surface area (Å²) in [7, 11) is 2.54. The molecule has 0 unspecified atom stereocenters. The van der Waals surface area contributed by atoms with Crippen LogP contribution in [0.5, 0.6) is 0 Å². The molecule has 0 saturated carbocycles. The van der Waals surface area contributed by atoms with Gasteiger partial charge in [-0.1, -0.05) is 44.2 Å². The Bertz CT molecular complexity index is 740. The minimum Gasteiger partial charge on any atom is -0.483 e. The van der Waals surface area contributed by atoms with Gasteiger partial charge >= 0.3 is 11.9 Å². The number of fused-ring (bicyclic) bond motifs is 1. The van der Waals surface area contributed by atoms with Crippen molar-refractivity contribution in [3.8, 4) is 0 Å². The molecule has 140 valence electrons. The third-order valence-corrected chi connectivity index (χ3v) is 5.40. The number of carbonyl (C=O) groups excluding carboxylic acids is 2. The highest BCUT2D eigenvalue weighted by Gasteiger charge is 2.62. The fraction of sp³-hybridized carbons (Fsp3) is 0.500. The van der Waals surface area contributed by atoms with Crippen molar-refractivity contribution in [2.24, 2.45) is 0 Å². The van der Waals surface area contributed by atoms with E-state index in [-0.39, 0.29) is 5.57 Å². The number of hydrogen-bond donors (Lipinski definition) is 0. The molecule has 3 atom stereocenters. The minimum absolute atomic E-state index is 0.104. The zero-order valence-corrected chi connectivity index (χ0v) is 15.5. The first kappa shape index (κ1) is 18.5. The summed E-state index contributed by atoms with van der Waals surface area (Å²) in [5.41, 5.74) is -0.353. The summed E-state index contributed by atoms with van der Waals surface area (Å²) in [5, 5.41) is 0. The highest BCUT2D eigenvalue weighted by molar-refractivity contribution is 5.98. The molecule has 1 fully saturated rings. The number of hydrogen-bond acceptors (Lipinski definition) is 6. The fourth-order valence-corrected chi connectivity index (χ4v) is 3.92. The van der Waals surface area contributed by atoms with Crippen LogP contribution in [0.3, 0.4) is 0 Å². The third kappa shape index (κ3) is 2.60. The monoisotopic (exact) mass is 360 g/mol. The Balaban J connectivity index is 2.14. The number of esters is 2. The number of rotatable bonds is 5. The minimum atomic E-state index is -1.13. The second-order valence-electron chi connectivity index (χ2n) is 6.60. The van der Waals surface area contributed by atoms with Crippen molar-refractivity contribution in [2.45, 2.75) is 50.4 Å². The Morgan fingerprint density at radius 3 is 2.27 bits per heavy atom. The first-order valence-electron chi connectivity index (χ1n) is 8.80. The van der Waals surface area contributed by atoms with E-state index in [0.29, 0.717) is 25.0 Å². The van der Waals surface area contributed by atoms with Crippen LogP contribution in [0.4, 0.5) is 0 Å². The normalized spacial score (nSPS) is 29.9. The van der Waals surface area contributed by atoms with Crippen LogP contribution in [0.2, 0.25) is 0 Å². The standard InChI is InChI=1S/C20H24O6/c1-5-19(13-10-8-7-9-11-13)12-20(6-2)16(26-19)14(17(21)23-3)15(25-20)18(22)24-4/h7-11,15H,5-6,12H2,1-4H3/t15-,19-,20-/m0/s1. The summed E-state index contributed by atoms with van der Waals surface area (Å²) >= 11 is 0. The first-order valence-corrected chi connectivity index (χ1v) is 8.80. The van der Waals surface area contributed by atoms with Crippen LogP contribution in [0.15, 0.2) is 41.7 Å². The first-order chi connectivity index (χ1) is 12.5. The largest absolute Gasteiger partial charge is 0.483 e. The number of methoxy groups -OCH3 is 2. The molecule has 26 heavy (non-hydrogen) atoms. The summed E-state index contributed by atoms with van der Waals surface area (Å²) in [6.07, 6.45) is 0.641. The summed E-state index contributed by atoms with van der Waals surface area (Å²) in [6, 6.07) is 9.86. The van der Waals surface area contributed by atoms with E-state index in [0.717, 1.165) is 5.56 Å². The predicted molar refractivity (Wildman–Crippen MR) is 93.1 cm³/mol. The van der Waals surface area contributed by atoms with Gasteiger partial charge in [-0.3, -0.25) is 0 Å². The van der Waals surface area contributed by atoms with Crippen molar-refractivity contribution < 1.29 is 28.5 Å². The Kier molecular flexibility index (Phi) is 4.80. The third-order valence-electron chi connectivity index (χ3n) is 5.40. The molecule has 0 N–H and O–H groups in total. The van der Waals surface area contributed by atoms with Crippen molar-refractivity contribution in [1.82, 2.24) is 0 Å². The van der Waals surface area contributed by atoms with E-state index in [9.17, 15) is 9.59 Å². The molecule has 6 heteroatoms. The molecule has 2 heterocycles. The van der Waals surface area contributed by atoms with E-state index in [4.69, 9.17) is 18.9 Å². The van der Waals surface area contributed by atoms with Gasteiger partial charge in [0.25, 0.3) is 0 Å². The van der Waals surface area contributed by atoms with Crippen LogP contribution in [0.1, 0.15) is 38.7 Å². The molecular formula is C20H24O6. The molecule has 0 aromatic heterocycles. The zero-order chi connectivity index (χ0) is 18.9. The number of benzene rings is 1. The van der Waals surface area contributed by atoms with Crippen molar-refractivity contribution in [1.29, 1.82) is 0 Å². The average molecular weight is 360 g/mol. The van der Waals surface area contributed by atoms with Crippen LogP contribution < -0.4 is 0 Å². The maximum atomic E-state index is 12.4. The van der Waals surface area contributed by atoms with E-state index in [2.05, 4.69) is 0 Å². The van der Waals surface area contributed by atoms with Crippen molar-refractivity contribution in [3.05, 3.63) is 47.2 Å². The van der Waals surface area contributed by atoms with Crippen LogP contribution in [-0.4, -0.2) is 37.9 Å². The SMILES string of the molecule is CC[C@]12C[C@@](CC)(c3ccccc3)OC1=C(C(=O)OC)[C@@H](C(=O)OC)O2. The molecule has 0 radical (unpaired) electrons. The van der Waals surface area contributed by atoms with Gasteiger partial charge in [-0.25, -0.2) is 9.59 Å². The highest BCUT2D eigenvalue weighted by Crippen LogP contribution is 2.57. The zero-order valence-electron chi connectivity index (χ0n) is 15.5. The van der Waals surface area contributed by atoms with Gasteiger partial charge in [-0.15, -0.1) is 0 Å². The lowest BCUT2D eigenvalue weighted by atomic mass is 9.81. The maximum Gasteiger partial charge on any atom is 0.340 e. The second kappa shape index (κ2) is 6.76. The van der Waals surface area contributed by atoms with Gasteiger partial charge in [0.2, 0.25) is 0 Å². The molecule has 2 aliphatic rings. The van der Waals surface area contributed by atoms with Crippen LogP contribution >= 0.6 is 0 Å². The van der Waals surface area contributed by atoms with Gasteiger partial charge in [0.1, 0.15) is 22.5 Å². The molecule has 0 amide bonds. The Morgan fingerprint density at radius 2 is 1.73 bits per heavy atom. The van der Waals surface area contributed by atoms with Crippen molar-refractivity contribution in [3.63, 3.8) is 0 Å². The lowest BCUT2D eigenvalue weighted by Gasteiger charge is -2.30. The Labute approximate surface area is 153 Å². The fourth-order valence-electron chi connectivity index (χ4n) is 3.92. The smallest absolute Gasteiger partial charge is 0.340 e. The molecule has 0 aliphatic carbocycles. The van der Waals surface area contributed by atoms with E-state index < -0.39 is 29.2 Å². The second-order valence-corrected chi connectivity index (χ2v) is 6.60. The van der Waals surface area contributed by atoms with Gasteiger partial charge in [0.05, 0.1) is 14.2 Å². The quantitative estimate of drug-likeness (QED) is 0.752. The predicted octanol–water partition coefficient (Wildman–Crippen LogP) is 2.86. The van der Waals surface area contributed by atoms with Crippen LogP contribution in [0.25, 0.3) is 0 Å². The summed E-state index contributed by atoms with van der Waals surface area (Å²) in [5.74, 6) is -0.871. The molecule has 0 bridgehead atoms. The average Bonchev–Trinajstić information content (AvgIpc) is 3.18. The lowest BCUT2D eigenvalue weighted by molar-refractivity contribution is -0.159. The molecular weight excluding hydrogens is 336 g/mol. The Hall–Kier alpha value is -2.34. The van der Waals surface area contributed by atoms with Crippen molar-refractivity contribution >= 4 is 11.9 Å². The molecule has 3 rings (SSSR count). The summed E-state index contributed by atoms with van der Waals surface area (Å²) < 4.78 is 22.2. The molecule has 1 saturated heterocycles. The van der Waals surface area contributed by atoms with Crippen LogP contribution in [0, 0.1) is 0 Å². The number of carbonyl (C=O) groups is 2. The van der Waals surface area contributed by atoms with E-state index in [1.54, 1.807) is 0 Å². The molecule has 1 aromatic carbocycles. The molecule has 2 aliphatic heterocycles. The van der Waals surface area contributed by atoms with Gasteiger partial charge in [-0.2, -0.15) is 0 Å². The number of ether oxygens (including phenoxy) is 4. The van der Waals surface area contributed by atoms with Gasteiger partial charge in [-0.05, 0) is 18.4 Å². The van der Waals surface area contributed by atoms with E-state index >= 15 is 0 Å². The van der Waals surface area contributed by atoms with Gasteiger partial charge < -0.3 is 18.9 Å². The van der Waals surface area contributed by atoms with Crippen molar-refractivity contribution in [2.75, 3.05) is 14.2 Å². The van der Waals surface area contributed by atoms with Gasteiger partial charge in [0.15, 0.2) is 6.10 Å². The highest BCUT2D eigenvalue weighted by atomic mass is 16.6. The topological polar surface area (TPSA) is 71.1 Å². The summed E-state index contributed by atoms with van der Waals surface area (Å²) in [6.45, 7) is 3.99. The lowest BCUT2D eigenvalue weighted by Crippen LogP contribution is -2.37. The maximum absolute atomic E-state index is 12.4. The van der Waals surface area contributed by atoms with Crippen LogP contribution in [-0.2, 0) is 34.1 Å². The van der Waals surface area contributed by atoms with Gasteiger partial charge in [0, 0.05) is 6.42 Å². The molecule has 0 spiro atoms. The van der Waals surface area contributed by atoms with E-state index in [1.807, 2.05) is 44.2 Å².